The SMILES string of the molecule is CCCSC(C)N=C=O. The maximum absolute atomic E-state index is 9.67. The summed E-state index contributed by atoms with van der Waals surface area (Å²) in [7, 11) is 0. The van der Waals surface area contributed by atoms with Gasteiger partial charge in [0.05, 0.1) is 0 Å². The largest absolute Gasteiger partial charge is 0.236 e. The minimum atomic E-state index is 0.0856. The van der Waals surface area contributed by atoms with E-state index in [9.17, 15) is 4.79 Å². The standard InChI is InChI=1S/C6H11NOS/c1-3-4-9-6(2)7-5-8/h6H,3-4H2,1-2H3. The van der Waals surface area contributed by atoms with Gasteiger partial charge in [0.25, 0.3) is 0 Å². The van der Waals surface area contributed by atoms with Crippen molar-refractivity contribution in [3.8, 4) is 0 Å². The predicted molar refractivity (Wildman–Crippen MR) is 40.3 cm³/mol. The second-order valence-electron chi connectivity index (χ2n) is 1.69. The van der Waals surface area contributed by atoms with Crippen LogP contribution in [0.15, 0.2) is 4.99 Å². The van der Waals surface area contributed by atoms with E-state index in [1.54, 1.807) is 11.8 Å². The van der Waals surface area contributed by atoms with Crippen LogP contribution in [0.25, 0.3) is 0 Å². The van der Waals surface area contributed by atoms with Gasteiger partial charge in [0.1, 0.15) is 5.37 Å². The fourth-order valence-electron chi connectivity index (χ4n) is 0.400. The molecule has 0 saturated carbocycles. The Bertz CT molecular complexity index is 110. The lowest BCUT2D eigenvalue weighted by Crippen LogP contribution is -1.90. The third kappa shape index (κ3) is 5.60. The van der Waals surface area contributed by atoms with Crippen molar-refractivity contribution in [1.29, 1.82) is 0 Å². The van der Waals surface area contributed by atoms with Gasteiger partial charge in [-0.05, 0) is 19.1 Å². The molecule has 0 bridgehead atoms. The van der Waals surface area contributed by atoms with Gasteiger partial charge in [-0.1, -0.05) is 6.92 Å². The number of aliphatic imine (C=N–C) groups is 1. The van der Waals surface area contributed by atoms with Crippen LogP contribution in [0.1, 0.15) is 20.3 Å². The van der Waals surface area contributed by atoms with Crippen LogP contribution < -0.4 is 0 Å². The maximum Gasteiger partial charge on any atom is 0.236 e. The summed E-state index contributed by atoms with van der Waals surface area (Å²) in [4.78, 5) is 13.2. The molecular formula is C6H11NOS. The average molecular weight is 145 g/mol. The van der Waals surface area contributed by atoms with Crippen molar-refractivity contribution >= 4 is 17.8 Å². The van der Waals surface area contributed by atoms with Gasteiger partial charge < -0.3 is 0 Å². The zero-order valence-electron chi connectivity index (χ0n) is 5.76. The van der Waals surface area contributed by atoms with Gasteiger partial charge in [0.2, 0.25) is 6.08 Å². The van der Waals surface area contributed by atoms with Crippen LogP contribution in [0.2, 0.25) is 0 Å². The molecule has 1 atom stereocenters. The molecule has 0 aromatic rings. The fraction of sp³-hybridized carbons (Fsp3) is 0.833. The van der Waals surface area contributed by atoms with Crippen LogP contribution in [-0.4, -0.2) is 17.2 Å². The molecule has 0 N–H and O–H groups in total. The van der Waals surface area contributed by atoms with Crippen LogP contribution in [-0.2, 0) is 4.79 Å². The minimum absolute atomic E-state index is 0.0856. The highest BCUT2D eigenvalue weighted by molar-refractivity contribution is 7.99. The van der Waals surface area contributed by atoms with Gasteiger partial charge in [-0.15, -0.1) is 11.8 Å². The second kappa shape index (κ2) is 5.86. The van der Waals surface area contributed by atoms with Gasteiger partial charge in [-0.2, -0.15) is 4.99 Å². The molecule has 0 aromatic heterocycles. The minimum Gasteiger partial charge on any atom is -0.211 e. The van der Waals surface area contributed by atoms with Crippen LogP contribution in [0.5, 0.6) is 0 Å². The molecule has 0 saturated heterocycles. The van der Waals surface area contributed by atoms with E-state index in [1.165, 1.54) is 6.08 Å². The molecule has 2 nitrogen and oxygen atoms in total. The highest BCUT2D eigenvalue weighted by Crippen LogP contribution is 2.10. The first kappa shape index (κ1) is 8.73. The Kier molecular flexibility index (Phi) is 5.68. The molecule has 0 aliphatic heterocycles. The van der Waals surface area contributed by atoms with Gasteiger partial charge in [-0.3, -0.25) is 0 Å². The number of rotatable bonds is 4. The van der Waals surface area contributed by atoms with Crippen molar-refractivity contribution in [3.05, 3.63) is 0 Å². The molecule has 0 spiro atoms. The van der Waals surface area contributed by atoms with Crippen molar-refractivity contribution < 1.29 is 4.79 Å². The van der Waals surface area contributed by atoms with E-state index >= 15 is 0 Å². The molecular weight excluding hydrogens is 134 g/mol. The summed E-state index contributed by atoms with van der Waals surface area (Å²) in [5.74, 6) is 1.06. The molecule has 0 fully saturated rings. The van der Waals surface area contributed by atoms with Crippen molar-refractivity contribution in [3.63, 3.8) is 0 Å². The molecule has 0 amide bonds. The van der Waals surface area contributed by atoms with E-state index in [1.807, 2.05) is 6.92 Å². The zero-order valence-corrected chi connectivity index (χ0v) is 6.57. The number of nitrogens with zero attached hydrogens (tertiary/aromatic N) is 1. The van der Waals surface area contributed by atoms with Crippen molar-refractivity contribution in [2.75, 3.05) is 5.75 Å². The van der Waals surface area contributed by atoms with E-state index in [2.05, 4.69) is 11.9 Å². The Hall–Kier alpha value is -0.270. The molecule has 0 aromatic carbocycles. The van der Waals surface area contributed by atoms with Crippen LogP contribution in [0.3, 0.4) is 0 Å². The Labute approximate surface area is 59.7 Å². The Morgan fingerprint density at radius 3 is 2.89 bits per heavy atom. The third-order valence-corrected chi connectivity index (χ3v) is 2.03. The normalized spacial score (nSPS) is 12.2. The summed E-state index contributed by atoms with van der Waals surface area (Å²) in [6.07, 6.45) is 2.66. The number of isocyanates is 1. The fourth-order valence-corrected chi connectivity index (χ4v) is 1.09. The Morgan fingerprint density at radius 1 is 1.78 bits per heavy atom. The molecule has 0 aliphatic rings. The molecule has 1 unspecified atom stereocenters. The summed E-state index contributed by atoms with van der Waals surface area (Å²) < 4.78 is 0. The van der Waals surface area contributed by atoms with E-state index in [-0.39, 0.29) is 5.37 Å². The smallest absolute Gasteiger partial charge is 0.211 e. The molecule has 3 heteroatoms. The van der Waals surface area contributed by atoms with Crippen LogP contribution in [0.4, 0.5) is 0 Å². The molecule has 0 aliphatic carbocycles. The number of carbonyl (C=O) groups excluding carboxylic acids is 1. The lowest BCUT2D eigenvalue weighted by molar-refractivity contribution is 0.563. The summed E-state index contributed by atoms with van der Waals surface area (Å²) in [6, 6.07) is 0. The molecule has 0 heterocycles. The Morgan fingerprint density at radius 2 is 2.44 bits per heavy atom. The number of thioether (sulfide) groups is 1. The summed E-state index contributed by atoms with van der Waals surface area (Å²) >= 11 is 1.67. The van der Waals surface area contributed by atoms with Crippen LogP contribution >= 0.6 is 11.8 Å². The quantitative estimate of drug-likeness (QED) is 0.446. The first-order valence-electron chi connectivity index (χ1n) is 2.99. The van der Waals surface area contributed by atoms with E-state index in [4.69, 9.17) is 0 Å². The van der Waals surface area contributed by atoms with Gasteiger partial charge in [0, 0.05) is 0 Å². The van der Waals surface area contributed by atoms with Gasteiger partial charge in [0.15, 0.2) is 0 Å². The molecule has 9 heavy (non-hydrogen) atoms. The average Bonchev–Trinajstić information content (AvgIpc) is 1.85. The van der Waals surface area contributed by atoms with Gasteiger partial charge >= 0.3 is 0 Å². The van der Waals surface area contributed by atoms with Gasteiger partial charge in [-0.25, -0.2) is 4.79 Å². The van der Waals surface area contributed by atoms with Crippen molar-refractivity contribution in [1.82, 2.24) is 0 Å². The predicted octanol–water partition coefficient (Wildman–Crippen LogP) is 1.81. The summed E-state index contributed by atoms with van der Waals surface area (Å²) in [5, 5.41) is 0.0856. The lowest BCUT2D eigenvalue weighted by atomic mass is 10.6. The second-order valence-corrected chi connectivity index (χ2v) is 3.11. The topological polar surface area (TPSA) is 29.4 Å². The highest BCUT2D eigenvalue weighted by atomic mass is 32.2. The molecule has 0 radical (unpaired) electrons. The summed E-state index contributed by atoms with van der Waals surface area (Å²) in [5.41, 5.74) is 0. The number of hydrogen-bond donors (Lipinski definition) is 0. The highest BCUT2D eigenvalue weighted by Gasteiger charge is 1.95. The van der Waals surface area contributed by atoms with E-state index in [0.717, 1.165) is 12.2 Å². The van der Waals surface area contributed by atoms with E-state index in [0.29, 0.717) is 0 Å². The molecule has 0 rings (SSSR count). The third-order valence-electron chi connectivity index (χ3n) is 0.798. The maximum atomic E-state index is 9.67. The first-order valence-corrected chi connectivity index (χ1v) is 4.04. The monoisotopic (exact) mass is 145 g/mol. The van der Waals surface area contributed by atoms with Crippen molar-refractivity contribution in [2.24, 2.45) is 4.99 Å². The van der Waals surface area contributed by atoms with Crippen LogP contribution in [0, 0.1) is 0 Å². The lowest BCUT2D eigenvalue weighted by Gasteiger charge is -1.99. The van der Waals surface area contributed by atoms with E-state index < -0.39 is 0 Å². The van der Waals surface area contributed by atoms with Crippen molar-refractivity contribution in [2.45, 2.75) is 25.6 Å². The number of hydrogen-bond acceptors (Lipinski definition) is 3. The zero-order chi connectivity index (χ0) is 7.11. The molecule has 52 valence electrons. The summed E-state index contributed by atoms with van der Waals surface area (Å²) in [6.45, 7) is 4.00. The first-order chi connectivity index (χ1) is 4.31. The Balaban J connectivity index is 3.26.